The summed E-state index contributed by atoms with van der Waals surface area (Å²) < 4.78 is 0. The molecule has 0 aliphatic carbocycles. The van der Waals surface area contributed by atoms with Gasteiger partial charge in [-0.05, 0) is 36.4 Å². The molecular weight excluding hydrogens is 414 g/mol. The van der Waals surface area contributed by atoms with Crippen molar-refractivity contribution in [3.05, 3.63) is 58.6 Å². The second kappa shape index (κ2) is 8.75. The summed E-state index contributed by atoms with van der Waals surface area (Å²) in [5, 5.41) is 13.5. The topological polar surface area (TPSA) is 117 Å². The van der Waals surface area contributed by atoms with Gasteiger partial charge in [0.15, 0.2) is 6.04 Å². The number of benzene rings is 2. The fraction of sp³-hybridized carbons (Fsp3) is 0.318. The highest BCUT2D eigenvalue weighted by Gasteiger charge is 2.46. The van der Waals surface area contributed by atoms with Crippen molar-refractivity contribution < 1.29 is 24.2 Å². The van der Waals surface area contributed by atoms with Gasteiger partial charge < -0.3 is 15.1 Å². The van der Waals surface area contributed by atoms with Crippen LogP contribution in [-0.2, 0) is 14.4 Å². The van der Waals surface area contributed by atoms with E-state index in [4.69, 9.17) is 0 Å². The Balaban J connectivity index is 1.39. The minimum atomic E-state index is -0.423. The van der Waals surface area contributed by atoms with E-state index in [-0.39, 0.29) is 29.8 Å². The Labute approximate surface area is 184 Å². The van der Waals surface area contributed by atoms with Gasteiger partial charge in [-0.1, -0.05) is 0 Å². The maximum absolute atomic E-state index is 13.1. The molecule has 4 rings (SSSR count). The van der Waals surface area contributed by atoms with Crippen molar-refractivity contribution in [1.29, 1.82) is 0 Å². The Kier molecular flexibility index (Phi) is 5.87. The number of carbonyl (C=O) groups excluding carboxylic acids is 3. The average Bonchev–Trinajstić information content (AvgIpc) is 3.08. The highest BCUT2D eigenvalue weighted by Crippen LogP contribution is 2.24. The third-order valence-corrected chi connectivity index (χ3v) is 5.92. The molecule has 10 nitrogen and oxygen atoms in total. The van der Waals surface area contributed by atoms with Crippen molar-refractivity contribution in [2.24, 2.45) is 0 Å². The first kappa shape index (κ1) is 21.4. The first-order chi connectivity index (χ1) is 15.3. The fourth-order valence-electron chi connectivity index (χ4n) is 4.31. The number of nitro benzene ring substituents is 1. The smallest absolute Gasteiger partial charge is 0.292 e. The molecule has 2 aromatic carbocycles. The van der Waals surface area contributed by atoms with E-state index in [1.165, 1.54) is 24.0 Å². The lowest BCUT2D eigenvalue weighted by Crippen LogP contribution is -3.19. The number of hydrogen-bond acceptors (Lipinski definition) is 6. The quantitative estimate of drug-likeness (QED) is 0.401. The van der Waals surface area contributed by atoms with Crippen LogP contribution in [0.3, 0.4) is 0 Å². The van der Waals surface area contributed by atoms with Crippen LogP contribution in [0.15, 0.2) is 48.5 Å². The van der Waals surface area contributed by atoms with Crippen molar-refractivity contribution in [2.45, 2.75) is 19.4 Å². The van der Waals surface area contributed by atoms with Gasteiger partial charge in [0.25, 0.3) is 11.6 Å². The van der Waals surface area contributed by atoms with Crippen LogP contribution < -0.4 is 20.0 Å². The number of nitrogens with one attached hydrogen (secondary N) is 2. The third kappa shape index (κ3) is 4.30. The lowest BCUT2D eigenvalue weighted by Gasteiger charge is -2.35. The van der Waals surface area contributed by atoms with Crippen molar-refractivity contribution in [1.82, 2.24) is 0 Å². The number of nitro groups is 1. The molecule has 2 fully saturated rings. The third-order valence-electron chi connectivity index (χ3n) is 5.92. The van der Waals surface area contributed by atoms with E-state index in [2.05, 4.69) is 10.2 Å². The van der Waals surface area contributed by atoms with Gasteiger partial charge >= 0.3 is 0 Å². The molecule has 2 heterocycles. The minimum absolute atomic E-state index is 0.0540. The van der Waals surface area contributed by atoms with Gasteiger partial charge in [-0.2, -0.15) is 0 Å². The normalized spacial score (nSPS) is 19.3. The molecule has 0 saturated carbocycles. The Morgan fingerprint density at radius 2 is 1.62 bits per heavy atom. The molecule has 0 radical (unpaired) electrons. The lowest BCUT2D eigenvalue weighted by molar-refractivity contribution is -0.915. The Hall–Kier alpha value is -3.79. The number of imide groups is 1. The van der Waals surface area contributed by atoms with E-state index < -0.39 is 11.0 Å². The molecule has 1 atom stereocenters. The molecule has 10 heteroatoms. The Bertz CT molecular complexity index is 1050. The zero-order valence-electron chi connectivity index (χ0n) is 17.6. The number of anilines is 3. The number of hydrogen-bond donors (Lipinski definition) is 2. The highest BCUT2D eigenvalue weighted by molar-refractivity contribution is 6.21. The highest BCUT2D eigenvalue weighted by atomic mass is 16.6. The number of non-ortho nitro benzene ring substituents is 1. The summed E-state index contributed by atoms with van der Waals surface area (Å²) in [4.78, 5) is 51.7. The predicted molar refractivity (Wildman–Crippen MR) is 118 cm³/mol. The van der Waals surface area contributed by atoms with Crippen molar-refractivity contribution >= 4 is 40.5 Å². The van der Waals surface area contributed by atoms with Gasteiger partial charge in [-0.3, -0.25) is 24.5 Å². The molecule has 0 aromatic heterocycles. The largest absolute Gasteiger partial charge is 0.360 e. The van der Waals surface area contributed by atoms with Crippen LogP contribution in [-0.4, -0.2) is 54.9 Å². The number of rotatable bonds is 5. The second-order valence-corrected chi connectivity index (χ2v) is 7.97. The van der Waals surface area contributed by atoms with E-state index in [9.17, 15) is 24.5 Å². The molecule has 2 aliphatic rings. The monoisotopic (exact) mass is 438 g/mol. The zero-order chi connectivity index (χ0) is 22.8. The van der Waals surface area contributed by atoms with Crippen LogP contribution in [0.25, 0.3) is 0 Å². The summed E-state index contributed by atoms with van der Waals surface area (Å²) in [5.74, 6) is -0.624. The average molecular weight is 438 g/mol. The Morgan fingerprint density at radius 1 is 1.03 bits per heavy atom. The van der Waals surface area contributed by atoms with Crippen molar-refractivity contribution in [2.75, 3.05) is 41.3 Å². The van der Waals surface area contributed by atoms with Crippen LogP contribution in [0.2, 0.25) is 0 Å². The van der Waals surface area contributed by atoms with E-state index in [0.29, 0.717) is 37.6 Å². The lowest BCUT2D eigenvalue weighted by atomic mass is 10.1. The van der Waals surface area contributed by atoms with E-state index in [1.807, 2.05) is 0 Å². The van der Waals surface area contributed by atoms with Gasteiger partial charge in [0, 0.05) is 30.4 Å². The molecule has 2 aliphatic heterocycles. The number of nitrogens with zero attached hydrogens (tertiary/aromatic N) is 3. The van der Waals surface area contributed by atoms with Crippen LogP contribution in [0.4, 0.5) is 22.7 Å². The van der Waals surface area contributed by atoms with E-state index in [0.717, 1.165) is 10.6 Å². The van der Waals surface area contributed by atoms with Crippen LogP contribution >= 0.6 is 0 Å². The molecule has 2 saturated heterocycles. The summed E-state index contributed by atoms with van der Waals surface area (Å²) >= 11 is 0. The standard InChI is InChI=1S/C22H23N5O5/c1-15(28)23-16-2-4-18(5-3-16)26-21(29)14-20(22(26)30)25-12-10-24(11-13-25)17-6-8-19(9-7-17)27(31)32/h2-9,20H,10-14H2,1H3,(H,23,28)/p+1/t20-/m1/s1. The van der Waals surface area contributed by atoms with Crippen LogP contribution in [0.5, 0.6) is 0 Å². The van der Waals surface area contributed by atoms with Gasteiger partial charge in [0.05, 0.1) is 43.2 Å². The van der Waals surface area contributed by atoms with Crippen molar-refractivity contribution in [3.63, 3.8) is 0 Å². The molecule has 0 bridgehead atoms. The maximum Gasteiger partial charge on any atom is 0.292 e. The molecule has 0 spiro atoms. The summed E-state index contributed by atoms with van der Waals surface area (Å²) in [6.45, 7) is 4.18. The van der Waals surface area contributed by atoms with Gasteiger partial charge in [0.1, 0.15) is 0 Å². The summed E-state index contributed by atoms with van der Waals surface area (Å²) in [6, 6.07) is 12.7. The Morgan fingerprint density at radius 3 is 2.19 bits per heavy atom. The number of amides is 3. The molecule has 32 heavy (non-hydrogen) atoms. The predicted octanol–water partition coefficient (Wildman–Crippen LogP) is 0.590. The molecule has 3 amide bonds. The van der Waals surface area contributed by atoms with Gasteiger partial charge in [-0.25, -0.2) is 4.90 Å². The fourth-order valence-corrected chi connectivity index (χ4v) is 4.31. The molecule has 2 N–H and O–H groups in total. The van der Waals surface area contributed by atoms with E-state index in [1.54, 1.807) is 36.4 Å². The number of carbonyl (C=O) groups is 3. The van der Waals surface area contributed by atoms with Gasteiger partial charge in [0.2, 0.25) is 11.8 Å². The molecular formula is C22H24N5O5+. The zero-order valence-corrected chi connectivity index (χ0v) is 17.6. The molecule has 0 unspecified atom stereocenters. The number of quaternary nitrogens is 1. The van der Waals surface area contributed by atoms with Crippen molar-refractivity contribution in [3.8, 4) is 0 Å². The molecule has 2 aromatic rings. The summed E-state index contributed by atoms with van der Waals surface area (Å²) in [7, 11) is 0. The van der Waals surface area contributed by atoms with Gasteiger partial charge in [-0.15, -0.1) is 0 Å². The SMILES string of the molecule is CC(=O)Nc1ccc(N2C(=O)C[C@@H]([NH+]3CCN(c4ccc([N+](=O)[O-])cc4)CC3)C2=O)cc1. The second-order valence-electron chi connectivity index (χ2n) is 7.97. The van der Waals surface area contributed by atoms with Crippen LogP contribution in [0.1, 0.15) is 13.3 Å². The van der Waals surface area contributed by atoms with E-state index >= 15 is 0 Å². The maximum atomic E-state index is 13.1. The number of piperazine rings is 1. The first-order valence-corrected chi connectivity index (χ1v) is 10.4. The minimum Gasteiger partial charge on any atom is -0.360 e. The molecule has 166 valence electrons. The first-order valence-electron chi connectivity index (χ1n) is 10.4. The van der Waals surface area contributed by atoms with Crippen LogP contribution in [0, 0.1) is 10.1 Å². The summed E-state index contributed by atoms with van der Waals surface area (Å²) in [5.41, 5.74) is 2.06. The summed E-state index contributed by atoms with van der Waals surface area (Å²) in [6.07, 6.45) is 0.166.